The zero-order chi connectivity index (χ0) is 15.4. The first-order valence-corrected chi connectivity index (χ1v) is 8.39. The quantitative estimate of drug-likeness (QED) is 0.781. The minimum absolute atomic E-state index is 0.422. The molecular weight excluding hydrogens is 352 g/mol. The minimum Gasteiger partial charge on any atom is -0.388 e. The first kappa shape index (κ1) is 16.5. The smallest absolute Gasteiger partial charge is 0.0860 e. The van der Waals surface area contributed by atoms with Gasteiger partial charge in [-0.3, -0.25) is 4.68 Å². The molecule has 1 aromatic carbocycles. The topological polar surface area (TPSA) is 38.0 Å². The number of hydrogen-bond acceptors (Lipinski definition) is 2. The lowest BCUT2D eigenvalue weighted by atomic mass is 10.1. The van der Waals surface area contributed by atoms with E-state index in [2.05, 4.69) is 34.9 Å². The maximum atomic E-state index is 10.4. The van der Waals surface area contributed by atoms with E-state index in [-0.39, 0.29) is 0 Å². The fraction of sp³-hybridized carbons (Fsp3) is 0.438. The molecule has 0 bridgehead atoms. The molecule has 1 aromatic heterocycles. The van der Waals surface area contributed by atoms with Crippen molar-refractivity contribution in [2.75, 3.05) is 0 Å². The van der Waals surface area contributed by atoms with Gasteiger partial charge < -0.3 is 5.11 Å². The standard InChI is InChI=1S/C16H20BrClN2O/c1-3-12(4-2)20-9-8-11(19-20)10-15(21)13-6-5-7-14(17)16(13)18/h5-9,12,15,21H,3-4,10H2,1-2H3. The normalized spacial score (nSPS) is 12.9. The van der Waals surface area contributed by atoms with Crippen LogP contribution in [-0.4, -0.2) is 14.9 Å². The zero-order valence-corrected chi connectivity index (χ0v) is 14.6. The molecule has 21 heavy (non-hydrogen) atoms. The van der Waals surface area contributed by atoms with Crippen molar-refractivity contribution in [3.05, 3.63) is 51.2 Å². The van der Waals surface area contributed by atoms with Crippen molar-refractivity contribution in [2.45, 2.75) is 45.3 Å². The predicted molar refractivity (Wildman–Crippen MR) is 89.7 cm³/mol. The molecule has 114 valence electrons. The van der Waals surface area contributed by atoms with Crippen LogP contribution >= 0.6 is 27.5 Å². The van der Waals surface area contributed by atoms with Gasteiger partial charge in [0.25, 0.3) is 0 Å². The third-order valence-electron chi connectivity index (χ3n) is 3.72. The van der Waals surface area contributed by atoms with E-state index in [0.29, 0.717) is 17.5 Å². The van der Waals surface area contributed by atoms with Crippen molar-refractivity contribution in [1.29, 1.82) is 0 Å². The summed E-state index contributed by atoms with van der Waals surface area (Å²) in [5.41, 5.74) is 1.61. The van der Waals surface area contributed by atoms with Gasteiger partial charge in [-0.2, -0.15) is 5.10 Å². The van der Waals surface area contributed by atoms with Gasteiger partial charge >= 0.3 is 0 Å². The fourth-order valence-electron chi connectivity index (χ4n) is 2.44. The molecule has 0 saturated heterocycles. The number of nitrogens with zero attached hydrogens (tertiary/aromatic N) is 2. The number of aliphatic hydroxyl groups excluding tert-OH is 1. The third-order valence-corrected chi connectivity index (χ3v) is 5.03. The van der Waals surface area contributed by atoms with Gasteiger partial charge in [-0.05, 0) is 40.9 Å². The van der Waals surface area contributed by atoms with E-state index in [1.807, 2.05) is 35.1 Å². The molecule has 1 unspecified atom stereocenters. The van der Waals surface area contributed by atoms with E-state index >= 15 is 0 Å². The summed E-state index contributed by atoms with van der Waals surface area (Å²) in [4.78, 5) is 0. The largest absolute Gasteiger partial charge is 0.388 e. The molecule has 5 heteroatoms. The summed E-state index contributed by atoms with van der Waals surface area (Å²) < 4.78 is 2.79. The molecule has 0 aliphatic heterocycles. The Kier molecular flexibility index (Phi) is 5.85. The summed E-state index contributed by atoms with van der Waals surface area (Å²) >= 11 is 9.60. The van der Waals surface area contributed by atoms with Crippen LogP contribution in [0.5, 0.6) is 0 Å². The average molecular weight is 372 g/mol. The molecular formula is C16H20BrClN2O. The lowest BCUT2D eigenvalue weighted by Gasteiger charge is -2.14. The molecule has 0 saturated carbocycles. The molecule has 1 heterocycles. The molecule has 0 aliphatic carbocycles. The van der Waals surface area contributed by atoms with Crippen molar-refractivity contribution in [2.24, 2.45) is 0 Å². The average Bonchev–Trinajstić information content (AvgIpc) is 2.91. The Hall–Kier alpha value is -0.840. The summed E-state index contributed by atoms with van der Waals surface area (Å²) in [7, 11) is 0. The van der Waals surface area contributed by atoms with E-state index in [9.17, 15) is 5.11 Å². The van der Waals surface area contributed by atoms with Crippen LogP contribution in [-0.2, 0) is 6.42 Å². The lowest BCUT2D eigenvalue weighted by molar-refractivity contribution is 0.177. The van der Waals surface area contributed by atoms with Gasteiger partial charge in [0.15, 0.2) is 0 Å². The van der Waals surface area contributed by atoms with Crippen LogP contribution in [0.2, 0.25) is 5.02 Å². The molecule has 1 N–H and O–H groups in total. The van der Waals surface area contributed by atoms with Crippen LogP contribution < -0.4 is 0 Å². The van der Waals surface area contributed by atoms with Crippen LogP contribution in [0, 0.1) is 0 Å². The first-order chi connectivity index (χ1) is 10.1. The number of halogens is 2. The molecule has 0 radical (unpaired) electrons. The van der Waals surface area contributed by atoms with Crippen LogP contribution in [0.1, 0.15) is 50.1 Å². The highest BCUT2D eigenvalue weighted by molar-refractivity contribution is 9.10. The Bertz CT molecular complexity index is 596. The van der Waals surface area contributed by atoms with Crippen molar-refractivity contribution >= 4 is 27.5 Å². The highest BCUT2D eigenvalue weighted by Crippen LogP contribution is 2.31. The highest BCUT2D eigenvalue weighted by Gasteiger charge is 2.16. The number of aliphatic hydroxyl groups is 1. The summed E-state index contributed by atoms with van der Waals surface area (Å²) in [6.45, 7) is 4.32. The predicted octanol–water partition coefficient (Wildman–Crippen LogP) is 4.94. The van der Waals surface area contributed by atoms with Gasteiger partial charge in [0.1, 0.15) is 0 Å². The van der Waals surface area contributed by atoms with Gasteiger partial charge in [-0.15, -0.1) is 0 Å². The molecule has 1 atom stereocenters. The summed E-state index contributed by atoms with van der Waals surface area (Å²) in [5, 5.41) is 15.5. The van der Waals surface area contributed by atoms with Gasteiger partial charge in [0, 0.05) is 22.7 Å². The Labute approximate surface area is 139 Å². The molecule has 3 nitrogen and oxygen atoms in total. The van der Waals surface area contributed by atoms with E-state index in [1.165, 1.54) is 0 Å². The maximum absolute atomic E-state index is 10.4. The Morgan fingerprint density at radius 1 is 1.29 bits per heavy atom. The monoisotopic (exact) mass is 370 g/mol. The van der Waals surface area contributed by atoms with Gasteiger partial charge in [0.05, 0.1) is 22.9 Å². The van der Waals surface area contributed by atoms with Crippen molar-refractivity contribution in [3.63, 3.8) is 0 Å². The maximum Gasteiger partial charge on any atom is 0.0860 e. The molecule has 0 spiro atoms. The Morgan fingerprint density at radius 3 is 2.67 bits per heavy atom. The fourth-order valence-corrected chi connectivity index (χ4v) is 3.07. The Morgan fingerprint density at radius 2 is 2.00 bits per heavy atom. The number of benzene rings is 1. The van der Waals surface area contributed by atoms with E-state index in [0.717, 1.165) is 28.6 Å². The lowest BCUT2D eigenvalue weighted by Crippen LogP contribution is -2.09. The second kappa shape index (κ2) is 7.43. The van der Waals surface area contributed by atoms with Crippen LogP contribution in [0.25, 0.3) is 0 Å². The number of aromatic nitrogens is 2. The van der Waals surface area contributed by atoms with Gasteiger partial charge in [-0.1, -0.05) is 37.6 Å². The molecule has 2 aromatic rings. The van der Waals surface area contributed by atoms with Crippen LogP contribution in [0.4, 0.5) is 0 Å². The third kappa shape index (κ3) is 3.87. The minimum atomic E-state index is -0.653. The number of hydrogen-bond donors (Lipinski definition) is 1. The highest BCUT2D eigenvalue weighted by atomic mass is 79.9. The van der Waals surface area contributed by atoms with Crippen molar-refractivity contribution < 1.29 is 5.11 Å². The van der Waals surface area contributed by atoms with E-state index in [4.69, 9.17) is 11.6 Å². The van der Waals surface area contributed by atoms with Crippen LogP contribution in [0.15, 0.2) is 34.9 Å². The van der Waals surface area contributed by atoms with Crippen molar-refractivity contribution in [3.8, 4) is 0 Å². The second-order valence-corrected chi connectivity index (χ2v) is 6.35. The van der Waals surface area contributed by atoms with Gasteiger partial charge in [0.2, 0.25) is 0 Å². The van der Waals surface area contributed by atoms with Crippen LogP contribution in [0.3, 0.4) is 0 Å². The summed E-state index contributed by atoms with van der Waals surface area (Å²) in [5.74, 6) is 0. The molecule has 2 rings (SSSR count). The number of rotatable bonds is 6. The Balaban J connectivity index is 2.13. The zero-order valence-electron chi connectivity index (χ0n) is 12.3. The summed E-state index contributed by atoms with van der Waals surface area (Å²) in [6, 6.07) is 7.96. The summed E-state index contributed by atoms with van der Waals surface area (Å²) in [6.07, 6.45) is 3.90. The SMILES string of the molecule is CCC(CC)n1ccc(CC(O)c2cccc(Br)c2Cl)n1. The van der Waals surface area contributed by atoms with Gasteiger partial charge in [-0.25, -0.2) is 0 Å². The molecule has 0 fully saturated rings. The van der Waals surface area contributed by atoms with E-state index in [1.54, 1.807) is 0 Å². The van der Waals surface area contributed by atoms with Crippen molar-refractivity contribution in [1.82, 2.24) is 9.78 Å². The molecule has 0 amide bonds. The first-order valence-electron chi connectivity index (χ1n) is 7.22. The van der Waals surface area contributed by atoms with E-state index < -0.39 is 6.10 Å². The second-order valence-electron chi connectivity index (χ2n) is 5.12. The molecule has 0 aliphatic rings.